The summed E-state index contributed by atoms with van der Waals surface area (Å²) in [6.07, 6.45) is 0. The van der Waals surface area contributed by atoms with Gasteiger partial charge in [-0.05, 0) is 22.9 Å². The molecule has 0 fully saturated rings. The molecule has 0 spiro atoms. The Morgan fingerprint density at radius 3 is 2.86 bits per heavy atom. The maximum atomic E-state index is 11.0. The maximum absolute atomic E-state index is 11.0. The third-order valence-electron chi connectivity index (χ3n) is 2.94. The number of fused-ring (bicyclic) bond motifs is 1. The van der Waals surface area contributed by atoms with E-state index in [-0.39, 0.29) is 5.91 Å². The molecule has 0 atom stereocenters. The van der Waals surface area contributed by atoms with E-state index in [1.807, 2.05) is 11.4 Å². The zero-order valence-corrected chi connectivity index (χ0v) is 13.1. The van der Waals surface area contributed by atoms with E-state index < -0.39 is 0 Å². The SMILES string of the molecule is CC(=O)Nc1nc(CSc2ccc3ccccc3c2)cs1. The first-order valence-corrected chi connectivity index (χ1v) is 8.41. The molecule has 3 aromatic rings. The molecule has 0 bridgehead atoms. The van der Waals surface area contributed by atoms with Gasteiger partial charge in [0.1, 0.15) is 0 Å². The molecule has 0 aliphatic heterocycles. The van der Waals surface area contributed by atoms with Crippen LogP contribution >= 0.6 is 23.1 Å². The highest BCUT2D eigenvalue weighted by Crippen LogP contribution is 2.27. The Bertz CT molecular complexity index is 783. The van der Waals surface area contributed by atoms with Crippen molar-refractivity contribution in [1.82, 2.24) is 4.98 Å². The lowest BCUT2D eigenvalue weighted by atomic mass is 10.1. The molecule has 2 aromatic carbocycles. The number of amides is 1. The first-order chi connectivity index (χ1) is 10.2. The van der Waals surface area contributed by atoms with Crippen molar-refractivity contribution >= 4 is 44.9 Å². The Labute approximate surface area is 131 Å². The van der Waals surface area contributed by atoms with Gasteiger partial charge in [0, 0.05) is 23.0 Å². The highest BCUT2D eigenvalue weighted by molar-refractivity contribution is 7.98. The van der Waals surface area contributed by atoms with Crippen LogP contribution in [-0.4, -0.2) is 10.9 Å². The lowest BCUT2D eigenvalue weighted by Crippen LogP contribution is -2.05. The van der Waals surface area contributed by atoms with Crippen molar-refractivity contribution in [1.29, 1.82) is 0 Å². The standard InChI is InChI=1S/C16H14N2OS2/c1-11(19)17-16-18-14(10-21-16)9-20-15-7-6-12-4-2-3-5-13(12)8-15/h2-8,10H,9H2,1H3,(H,17,18,19). The molecular formula is C16H14N2OS2. The van der Waals surface area contributed by atoms with Crippen LogP contribution in [0.2, 0.25) is 0 Å². The van der Waals surface area contributed by atoms with Crippen molar-refractivity contribution in [3.63, 3.8) is 0 Å². The molecule has 21 heavy (non-hydrogen) atoms. The predicted molar refractivity (Wildman–Crippen MR) is 89.9 cm³/mol. The number of nitrogens with one attached hydrogen (secondary N) is 1. The number of thiazole rings is 1. The van der Waals surface area contributed by atoms with Gasteiger partial charge in [0.05, 0.1) is 5.69 Å². The number of thioether (sulfide) groups is 1. The average molecular weight is 314 g/mol. The monoisotopic (exact) mass is 314 g/mol. The molecule has 106 valence electrons. The fraction of sp³-hybridized carbons (Fsp3) is 0.125. The minimum Gasteiger partial charge on any atom is -0.302 e. The van der Waals surface area contributed by atoms with E-state index in [2.05, 4.69) is 46.7 Å². The second-order valence-electron chi connectivity index (χ2n) is 4.62. The molecule has 0 saturated heterocycles. The van der Waals surface area contributed by atoms with Crippen LogP contribution in [0.3, 0.4) is 0 Å². The van der Waals surface area contributed by atoms with Gasteiger partial charge in [-0.2, -0.15) is 0 Å². The molecule has 1 amide bonds. The molecule has 0 unspecified atom stereocenters. The van der Waals surface area contributed by atoms with Gasteiger partial charge in [-0.1, -0.05) is 30.3 Å². The lowest BCUT2D eigenvalue weighted by Gasteiger charge is -2.02. The van der Waals surface area contributed by atoms with Gasteiger partial charge in [-0.15, -0.1) is 23.1 Å². The summed E-state index contributed by atoms with van der Waals surface area (Å²) in [4.78, 5) is 16.6. The van der Waals surface area contributed by atoms with E-state index in [0.717, 1.165) is 11.4 Å². The van der Waals surface area contributed by atoms with E-state index in [9.17, 15) is 4.79 Å². The smallest absolute Gasteiger partial charge is 0.223 e. The van der Waals surface area contributed by atoms with Gasteiger partial charge in [0.2, 0.25) is 5.91 Å². The number of aromatic nitrogens is 1. The van der Waals surface area contributed by atoms with E-state index in [1.165, 1.54) is 33.9 Å². The van der Waals surface area contributed by atoms with Gasteiger partial charge in [0.25, 0.3) is 0 Å². The van der Waals surface area contributed by atoms with Gasteiger partial charge in [0.15, 0.2) is 5.13 Å². The molecule has 0 aliphatic carbocycles. The Kier molecular flexibility index (Phi) is 4.22. The molecule has 3 rings (SSSR count). The number of hydrogen-bond donors (Lipinski definition) is 1. The summed E-state index contributed by atoms with van der Waals surface area (Å²) in [7, 11) is 0. The Morgan fingerprint density at radius 1 is 1.24 bits per heavy atom. The quantitative estimate of drug-likeness (QED) is 0.718. The first-order valence-electron chi connectivity index (χ1n) is 6.54. The van der Waals surface area contributed by atoms with Gasteiger partial charge >= 0.3 is 0 Å². The highest BCUT2D eigenvalue weighted by atomic mass is 32.2. The van der Waals surface area contributed by atoms with Crippen molar-refractivity contribution < 1.29 is 4.79 Å². The topological polar surface area (TPSA) is 42.0 Å². The number of hydrogen-bond acceptors (Lipinski definition) is 4. The summed E-state index contributed by atoms with van der Waals surface area (Å²) in [5.41, 5.74) is 0.988. The molecule has 1 N–H and O–H groups in total. The number of rotatable bonds is 4. The van der Waals surface area contributed by atoms with E-state index in [1.54, 1.807) is 11.8 Å². The lowest BCUT2D eigenvalue weighted by molar-refractivity contribution is -0.114. The van der Waals surface area contributed by atoms with E-state index in [4.69, 9.17) is 0 Å². The second kappa shape index (κ2) is 6.28. The summed E-state index contributed by atoms with van der Waals surface area (Å²) in [5, 5.41) is 7.86. The number of anilines is 1. The summed E-state index contributed by atoms with van der Waals surface area (Å²) >= 11 is 3.21. The zero-order chi connectivity index (χ0) is 14.7. The summed E-state index contributed by atoms with van der Waals surface area (Å²) in [5.74, 6) is 0.715. The minimum absolute atomic E-state index is 0.0851. The van der Waals surface area contributed by atoms with Crippen molar-refractivity contribution in [3.05, 3.63) is 53.5 Å². The highest BCUT2D eigenvalue weighted by Gasteiger charge is 2.04. The van der Waals surface area contributed by atoms with E-state index >= 15 is 0 Å². The first kappa shape index (κ1) is 14.1. The second-order valence-corrected chi connectivity index (χ2v) is 6.53. The Morgan fingerprint density at radius 2 is 2.05 bits per heavy atom. The molecule has 0 saturated carbocycles. The fourth-order valence-corrected chi connectivity index (χ4v) is 3.69. The van der Waals surface area contributed by atoms with Crippen molar-refractivity contribution in [2.24, 2.45) is 0 Å². The van der Waals surface area contributed by atoms with Crippen LogP contribution in [0.5, 0.6) is 0 Å². The van der Waals surface area contributed by atoms with Gasteiger partial charge < -0.3 is 5.32 Å². The zero-order valence-electron chi connectivity index (χ0n) is 11.5. The summed E-state index contributed by atoms with van der Waals surface area (Å²) in [6.45, 7) is 1.49. The van der Waals surface area contributed by atoms with Crippen molar-refractivity contribution in [2.75, 3.05) is 5.32 Å². The van der Waals surface area contributed by atoms with Crippen LogP contribution < -0.4 is 5.32 Å². The maximum Gasteiger partial charge on any atom is 0.223 e. The normalized spacial score (nSPS) is 10.7. The number of benzene rings is 2. The van der Waals surface area contributed by atoms with Crippen LogP contribution in [0, 0.1) is 0 Å². The third-order valence-corrected chi connectivity index (χ3v) is 4.78. The van der Waals surface area contributed by atoms with Crippen LogP contribution in [0.15, 0.2) is 52.7 Å². The van der Waals surface area contributed by atoms with Gasteiger partial charge in [-0.25, -0.2) is 4.98 Å². The Balaban J connectivity index is 1.68. The molecule has 3 nitrogen and oxygen atoms in total. The van der Waals surface area contributed by atoms with Crippen molar-refractivity contribution in [3.8, 4) is 0 Å². The van der Waals surface area contributed by atoms with Gasteiger partial charge in [-0.3, -0.25) is 4.79 Å². The van der Waals surface area contributed by atoms with Crippen molar-refractivity contribution in [2.45, 2.75) is 17.6 Å². The van der Waals surface area contributed by atoms with Crippen LogP contribution in [0.25, 0.3) is 10.8 Å². The molecule has 1 aromatic heterocycles. The van der Waals surface area contributed by atoms with Crippen LogP contribution in [0.1, 0.15) is 12.6 Å². The van der Waals surface area contributed by atoms with E-state index in [0.29, 0.717) is 5.13 Å². The summed E-state index contributed by atoms with van der Waals surface area (Å²) < 4.78 is 0. The third kappa shape index (κ3) is 3.62. The molecule has 0 aliphatic rings. The van der Waals surface area contributed by atoms with Crippen LogP contribution in [0.4, 0.5) is 5.13 Å². The Hall–Kier alpha value is -1.85. The average Bonchev–Trinajstić information content (AvgIpc) is 2.91. The molecule has 1 heterocycles. The molecular weight excluding hydrogens is 300 g/mol. The summed E-state index contributed by atoms with van der Waals surface area (Å²) in [6, 6.07) is 14.8. The number of nitrogens with zero attached hydrogens (tertiary/aromatic N) is 1. The predicted octanol–water partition coefficient (Wildman–Crippen LogP) is 4.55. The molecule has 0 radical (unpaired) electrons. The number of carbonyl (C=O) groups excluding carboxylic acids is 1. The number of carbonyl (C=O) groups is 1. The van der Waals surface area contributed by atoms with Crippen LogP contribution in [-0.2, 0) is 10.5 Å². The fourth-order valence-electron chi connectivity index (χ4n) is 2.00. The molecule has 5 heteroatoms. The minimum atomic E-state index is -0.0851. The largest absolute Gasteiger partial charge is 0.302 e.